The number of carboxylic acids is 2. The number of carboxylic acid groups (broad SMARTS) is 2. The van der Waals surface area contributed by atoms with E-state index >= 15 is 0 Å². The van der Waals surface area contributed by atoms with E-state index in [0.717, 1.165) is 62.5 Å². The fraction of sp³-hybridized carbons (Fsp3) is 0.579. The smallest absolute Gasteiger partial charge is 0.310 e. The molecule has 0 heterocycles. The van der Waals surface area contributed by atoms with E-state index in [2.05, 4.69) is 24.3 Å². The summed E-state index contributed by atoms with van der Waals surface area (Å²) in [6.07, 6.45) is 8.43. The van der Waals surface area contributed by atoms with E-state index in [-0.39, 0.29) is 24.8 Å². The van der Waals surface area contributed by atoms with Gasteiger partial charge in [0.15, 0.2) is 0 Å². The molecule has 0 amide bonds. The van der Waals surface area contributed by atoms with E-state index in [9.17, 15) is 19.2 Å². The molecule has 4 rings (SSSR count). The van der Waals surface area contributed by atoms with Gasteiger partial charge in [-0.25, -0.2) is 0 Å². The van der Waals surface area contributed by atoms with Gasteiger partial charge in [0.05, 0.1) is 12.8 Å². The SMILES string of the molecule is CC(C)(C)OC(=O)Cc1ccc2c(c1)CC[C@@H](CCC(=O)O)C2.CC(C)(C)OC(=O)Cc1ccc2c(c1)CC[C@H](CCC(=O)O)C2. The zero-order valence-corrected chi connectivity index (χ0v) is 28.4. The number of hydrogen-bond acceptors (Lipinski definition) is 6. The minimum Gasteiger partial charge on any atom is -0.481 e. The molecule has 0 radical (unpaired) electrons. The van der Waals surface area contributed by atoms with Gasteiger partial charge in [0, 0.05) is 12.8 Å². The first-order valence-corrected chi connectivity index (χ1v) is 16.5. The van der Waals surface area contributed by atoms with E-state index in [1.54, 1.807) is 0 Å². The highest BCUT2D eigenvalue weighted by Crippen LogP contribution is 2.30. The van der Waals surface area contributed by atoms with Gasteiger partial charge in [-0.1, -0.05) is 36.4 Å². The van der Waals surface area contributed by atoms with Gasteiger partial charge >= 0.3 is 23.9 Å². The lowest BCUT2D eigenvalue weighted by atomic mass is 9.81. The van der Waals surface area contributed by atoms with Crippen LogP contribution in [0.15, 0.2) is 36.4 Å². The van der Waals surface area contributed by atoms with Crippen LogP contribution in [0.25, 0.3) is 0 Å². The zero-order chi connectivity index (χ0) is 34.1. The summed E-state index contributed by atoms with van der Waals surface area (Å²) in [4.78, 5) is 45.2. The third kappa shape index (κ3) is 13.4. The molecule has 2 aliphatic carbocycles. The van der Waals surface area contributed by atoms with E-state index in [1.807, 2.05) is 53.7 Å². The monoisotopic (exact) mass is 636 g/mol. The number of carbonyl (C=O) groups is 4. The van der Waals surface area contributed by atoms with Crippen LogP contribution in [-0.2, 0) is 67.2 Å². The van der Waals surface area contributed by atoms with Crippen molar-refractivity contribution >= 4 is 23.9 Å². The quantitative estimate of drug-likeness (QED) is 0.265. The molecule has 2 N–H and O–H groups in total. The van der Waals surface area contributed by atoms with Crippen LogP contribution in [0, 0.1) is 11.8 Å². The Kier molecular flexibility index (Phi) is 13.0. The second kappa shape index (κ2) is 16.2. The summed E-state index contributed by atoms with van der Waals surface area (Å²) >= 11 is 0. The van der Waals surface area contributed by atoms with Gasteiger partial charge in [-0.05, 0) is 138 Å². The van der Waals surface area contributed by atoms with E-state index in [1.165, 1.54) is 22.3 Å². The van der Waals surface area contributed by atoms with Gasteiger partial charge in [-0.15, -0.1) is 0 Å². The van der Waals surface area contributed by atoms with Crippen LogP contribution in [0.1, 0.15) is 113 Å². The van der Waals surface area contributed by atoms with Gasteiger partial charge in [0.2, 0.25) is 0 Å². The summed E-state index contributed by atoms with van der Waals surface area (Å²) in [5, 5.41) is 17.6. The normalized spacial score (nSPS) is 17.4. The average molecular weight is 637 g/mol. The molecule has 0 fully saturated rings. The second-order valence-electron chi connectivity index (χ2n) is 14.8. The van der Waals surface area contributed by atoms with E-state index < -0.39 is 23.1 Å². The summed E-state index contributed by atoms with van der Waals surface area (Å²) in [5.41, 5.74) is 6.23. The predicted octanol–water partition coefficient (Wildman–Crippen LogP) is 7.08. The highest BCUT2D eigenvalue weighted by Gasteiger charge is 2.23. The van der Waals surface area contributed by atoms with Crippen LogP contribution in [-0.4, -0.2) is 45.3 Å². The average Bonchev–Trinajstić information content (AvgIpc) is 2.93. The molecular weight excluding hydrogens is 584 g/mol. The van der Waals surface area contributed by atoms with Crippen molar-refractivity contribution in [1.29, 1.82) is 0 Å². The molecule has 252 valence electrons. The maximum atomic E-state index is 11.9. The lowest BCUT2D eigenvalue weighted by Gasteiger charge is -2.25. The molecule has 8 heteroatoms. The van der Waals surface area contributed by atoms with Crippen molar-refractivity contribution in [1.82, 2.24) is 0 Å². The molecule has 2 aliphatic rings. The van der Waals surface area contributed by atoms with E-state index in [4.69, 9.17) is 19.7 Å². The van der Waals surface area contributed by atoms with Crippen LogP contribution in [0.4, 0.5) is 0 Å². The van der Waals surface area contributed by atoms with Gasteiger partial charge in [0.1, 0.15) is 11.2 Å². The Morgan fingerprint density at radius 2 is 1.00 bits per heavy atom. The summed E-state index contributed by atoms with van der Waals surface area (Å²) in [5.74, 6) is -0.933. The molecular formula is C38H52O8. The number of carbonyl (C=O) groups excluding carboxylic acids is 2. The molecule has 0 spiro atoms. The molecule has 2 aromatic rings. The van der Waals surface area contributed by atoms with Crippen LogP contribution >= 0.6 is 0 Å². The molecule has 0 bridgehead atoms. The lowest BCUT2D eigenvalue weighted by Crippen LogP contribution is -2.25. The van der Waals surface area contributed by atoms with Crippen LogP contribution in [0.5, 0.6) is 0 Å². The van der Waals surface area contributed by atoms with Crippen molar-refractivity contribution in [2.24, 2.45) is 11.8 Å². The molecule has 0 unspecified atom stereocenters. The minimum absolute atomic E-state index is 0.201. The number of aryl methyl sites for hydroxylation is 2. The molecule has 46 heavy (non-hydrogen) atoms. The Balaban J connectivity index is 0.000000250. The van der Waals surface area contributed by atoms with Crippen molar-refractivity contribution in [3.63, 3.8) is 0 Å². The number of ether oxygens (including phenoxy) is 2. The standard InChI is InChI=1S/2C19H26O4/c2*1-19(2,3)23-18(22)12-14-5-8-15-10-13(6-9-17(20)21)4-7-16(15)11-14/h2*5,8,11,13H,4,6-7,9-10,12H2,1-3H3,(H,20,21)/t2*13-/m10/s1. The van der Waals surface area contributed by atoms with Crippen LogP contribution in [0.3, 0.4) is 0 Å². The first-order chi connectivity index (χ1) is 21.5. The third-order valence-electron chi connectivity index (χ3n) is 8.27. The van der Waals surface area contributed by atoms with Gasteiger partial charge < -0.3 is 19.7 Å². The Morgan fingerprint density at radius 3 is 1.33 bits per heavy atom. The first-order valence-electron chi connectivity index (χ1n) is 16.5. The van der Waals surface area contributed by atoms with Crippen molar-refractivity contribution in [3.05, 3.63) is 69.8 Å². The van der Waals surface area contributed by atoms with Gasteiger partial charge in [0.25, 0.3) is 0 Å². The van der Waals surface area contributed by atoms with Crippen molar-refractivity contribution in [3.8, 4) is 0 Å². The highest BCUT2D eigenvalue weighted by atomic mass is 16.6. The largest absolute Gasteiger partial charge is 0.481 e. The summed E-state index contributed by atoms with van der Waals surface area (Å²) in [7, 11) is 0. The van der Waals surface area contributed by atoms with E-state index in [0.29, 0.717) is 24.7 Å². The molecule has 0 saturated carbocycles. The van der Waals surface area contributed by atoms with Crippen molar-refractivity contribution in [2.75, 3.05) is 0 Å². The Hall–Kier alpha value is -3.68. The molecule has 0 saturated heterocycles. The molecule has 8 nitrogen and oxygen atoms in total. The number of rotatable bonds is 10. The van der Waals surface area contributed by atoms with Gasteiger partial charge in [-0.3, -0.25) is 19.2 Å². The minimum atomic E-state index is -0.719. The van der Waals surface area contributed by atoms with Crippen molar-refractivity contribution < 1.29 is 38.9 Å². The Bertz CT molecular complexity index is 1270. The fourth-order valence-electron chi connectivity index (χ4n) is 6.22. The fourth-order valence-corrected chi connectivity index (χ4v) is 6.22. The maximum absolute atomic E-state index is 11.9. The molecule has 0 aromatic heterocycles. The van der Waals surface area contributed by atoms with Crippen LogP contribution < -0.4 is 0 Å². The number of benzene rings is 2. The number of esters is 2. The van der Waals surface area contributed by atoms with Crippen LogP contribution in [0.2, 0.25) is 0 Å². The summed E-state index contributed by atoms with van der Waals surface area (Å²) in [6.45, 7) is 11.2. The van der Waals surface area contributed by atoms with Gasteiger partial charge in [-0.2, -0.15) is 0 Å². The topological polar surface area (TPSA) is 127 Å². The molecule has 0 aliphatic heterocycles. The summed E-state index contributed by atoms with van der Waals surface area (Å²) < 4.78 is 10.7. The molecule has 2 atom stereocenters. The molecule has 2 aromatic carbocycles. The third-order valence-corrected chi connectivity index (χ3v) is 8.27. The summed E-state index contributed by atoms with van der Waals surface area (Å²) in [6, 6.07) is 12.4. The number of fused-ring (bicyclic) bond motifs is 2. The number of aliphatic carboxylic acids is 2. The maximum Gasteiger partial charge on any atom is 0.310 e. The predicted molar refractivity (Wildman–Crippen MR) is 177 cm³/mol. The first kappa shape index (κ1) is 36.8. The highest BCUT2D eigenvalue weighted by molar-refractivity contribution is 5.73. The Morgan fingerprint density at radius 1 is 0.630 bits per heavy atom. The van der Waals surface area contributed by atoms with Crippen molar-refractivity contribution in [2.45, 2.75) is 130 Å². The lowest BCUT2D eigenvalue weighted by molar-refractivity contribution is -0.155. The number of hydrogen-bond donors (Lipinski definition) is 2. The Labute approximate surface area is 273 Å². The zero-order valence-electron chi connectivity index (χ0n) is 28.4. The second-order valence-corrected chi connectivity index (χ2v) is 14.8.